The van der Waals surface area contributed by atoms with Crippen LogP contribution in [0, 0.1) is 0 Å². The summed E-state index contributed by atoms with van der Waals surface area (Å²) in [4.78, 5) is 35.3. The summed E-state index contributed by atoms with van der Waals surface area (Å²) >= 11 is 5.78. The topological polar surface area (TPSA) is 87.3 Å². The summed E-state index contributed by atoms with van der Waals surface area (Å²) in [5.74, 6) is -0.537. The fraction of sp³-hybridized carbons (Fsp3) is 0.211. The summed E-state index contributed by atoms with van der Waals surface area (Å²) in [6, 6.07) is 13.2. The van der Waals surface area contributed by atoms with Crippen LogP contribution in [0.15, 0.2) is 48.5 Å². The Morgan fingerprint density at radius 1 is 0.885 bits per heavy atom. The van der Waals surface area contributed by atoms with Crippen LogP contribution in [0.2, 0.25) is 5.02 Å². The summed E-state index contributed by atoms with van der Waals surface area (Å²) in [5, 5.41) is 8.61. The fourth-order valence-corrected chi connectivity index (χ4v) is 2.35. The lowest BCUT2D eigenvalue weighted by molar-refractivity contribution is -0.116. The van der Waals surface area contributed by atoms with Crippen molar-refractivity contribution < 1.29 is 14.4 Å². The lowest BCUT2D eigenvalue weighted by atomic mass is 10.2. The number of carbonyl (C=O) groups is 3. The van der Waals surface area contributed by atoms with Gasteiger partial charge < -0.3 is 16.0 Å². The van der Waals surface area contributed by atoms with Gasteiger partial charge in [0.1, 0.15) is 0 Å². The van der Waals surface area contributed by atoms with E-state index in [4.69, 9.17) is 11.6 Å². The van der Waals surface area contributed by atoms with E-state index < -0.39 is 0 Å². The number of hydrogen-bond acceptors (Lipinski definition) is 3. The Hall–Kier alpha value is -2.86. The SMILES string of the molecule is CNC(=O)c1ccc(NC(=O)CCCNC(=O)c2ccc(Cl)cc2)cc1. The lowest BCUT2D eigenvalue weighted by Gasteiger charge is -2.07. The highest BCUT2D eigenvalue weighted by Gasteiger charge is 2.07. The van der Waals surface area contributed by atoms with Crippen LogP contribution in [-0.2, 0) is 4.79 Å². The van der Waals surface area contributed by atoms with Gasteiger partial charge in [-0.3, -0.25) is 14.4 Å². The first-order valence-corrected chi connectivity index (χ1v) is 8.53. The number of amides is 3. The van der Waals surface area contributed by atoms with E-state index in [0.717, 1.165) is 0 Å². The van der Waals surface area contributed by atoms with Crippen LogP contribution < -0.4 is 16.0 Å². The number of halogens is 1. The summed E-state index contributed by atoms with van der Waals surface area (Å²) in [6.07, 6.45) is 0.791. The molecule has 0 bridgehead atoms. The van der Waals surface area contributed by atoms with Gasteiger partial charge in [-0.15, -0.1) is 0 Å². The predicted molar refractivity (Wildman–Crippen MR) is 101 cm³/mol. The molecule has 2 aromatic carbocycles. The van der Waals surface area contributed by atoms with E-state index in [2.05, 4.69) is 16.0 Å². The Morgan fingerprint density at radius 2 is 1.46 bits per heavy atom. The Morgan fingerprint density at radius 3 is 2.08 bits per heavy atom. The second kappa shape index (κ2) is 9.58. The van der Waals surface area contributed by atoms with Gasteiger partial charge in [-0.1, -0.05) is 11.6 Å². The van der Waals surface area contributed by atoms with Gasteiger partial charge in [0.15, 0.2) is 0 Å². The van der Waals surface area contributed by atoms with Crippen LogP contribution in [0.1, 0.15) is 33.6 Å². The zero-order chi connectivity index (χ0) is 18.9. The molecule has 0 aliphatic carbocycles. The van der Waals surface area contributed by atoms with Crippen LogP contribution >= 0.6 is 11.6 Å². The highest BCUT2D eigenvalue weighted by molar-refractivity contribution is 6.30. The van der Waals surface area contributed by atoms with Crippen LogP contribution in [0.3, 0.4) is 0 Å². The molecule has 0 atom stereocenters. The van der Waals surface area contributed by atoms with Crippen molar-refractivity contribution in [2.24, 2.45) is 0 Å². The van der Waals surface area contributed by atoms with Crippen molar-refractivity contribution in [1.82, 2.24) is 10.6 Å². The first-order chi connectivity index (χ1) is 12.5. The second-order valence-corrected chi connectivity index (χ2v) is 6.01. The molecular weight excluding hydrogens is 354 g/mol. The van der Waals surface area contributed by atoms with Crippen molar-refractivity contribution in [2.45, 2.75) is 12.8 Å². The third-order valence-electron chi connectivity index (χ3n) is 3.63. The van der Waals surface area contributed by atoms with Gasteiger partial charge in [-0.25, -0.2) is 0 Å². The molecule has 0 aliphatic rings. The van der Waals surface area contributed by atoms with Gasteiger partial charge >= 0.3 is 0 Å². The van der Waals surface area contributed by atoms with Gasteiger partial charge in [0.2, 0.25) is 5.91 Å². The van der Waals surface area contributed by atoms with E-state index in [0.29, 0.717) is 34.8 Å². The maximum Gasteiger partial charge on any atom is 0.251 e. The van der Waals surface area contributed by atoms with Crippen LogP contribution in [0.25, 0.3) is 0 Å². The third kappa shape index (κ3) is 5.89. The largest absolute Gasteiger partial charge is 0.355 e. The normalized spacial score (nSPS) is 10.1. The minimum absolute atomic E-state index is 0.154. The molecule has 0 aliphatic heterocycles. The standard InChI is InChI=1S/C19H20ClN3O3/c1-21-18(25)13-6-10-16(11-7-13)23-17(24)3-2-12-22-19(26)14-4-8-15(20)9-5-14/h4-11H,2-3,12H2,1H3,(H,21,25)(H,22,26)(H,23,24). The molecule has 136 valence electrons. The Bertz CT molecular complexity index is 774. The lowest BCUT2D eigenvalue weighted by Crippen LogP contribution is -2.25. The predicted octanol–water partition coefficient (Wildman–Crippen LogP) is 2.85. The molecule has 7 heteroatoms. The molecule has 0 unspecified atom stereocenters. The highest BCUT2D eigenvalue weighted by atomic mass is 35.5. The van der Waals surface area contributed by atoms with Gasteiger partial charge in [0.05, 0.1) is 0 Å². The van der Waals surface area contributed by atoms with Crippen molar-refractivity contribution in [3.63, 3.8) is 0 Å². The minimum atomic E-state index is -0.202. The maximum atomic E-state index is 11.9. The van der Waals surface area contributed by atoms with Crippen molar-refractivity contribution in [3.8, 4) is 0 Å². The number of carbonyl (C=O) groups excluding carboxylic acids is 3. The number of nitrogens with one attached hydrogen (secondary N) is 3. The second-order valence-electron chi connectivity index (χ2n) is 5.57. The average Bonchev–Trinajstić information content (AvgIpc) is 2.65. The molecule has 0 saturated carbocycles. The minimum Gasteiger partial charge on any atom is -0.355 e. The molecule has 0 aromatic heterocycles. The average molecular weight is 374 g/mol. The zero-order valence-corrected chi connectivity index (χ0v) is 15.1. The molecular formula is C19H20ClN3O3. The van der Waals surface area contributed by atoms with E-state index in [9.17, 15) is 14.4 Å². The van der Waals surface area contributed by atoms with E-state index in [1.807, 2.05) is 0 Å². The summed E-state index contributed by atoms with van der Waals surface area (Å²) in [6.45, 7) is 0.393. The Labute approximate surface area is 156 Å². The quantitative estimate of drug-likeness (QED) is 0.652. The first kappa shape index (κ1) is 19.5. The third-order valence-corrected chi connectivity index (χ3v) is 3.88. The molecule has 2 aromatic rings. The van der Waals surface area contributed by atoms with Crippen LogP contribution in [0.5, 0.6) is 0 Å². The zero-order valence-electron chi connectivity index (χ0n) is 14.3. The van der Waals surface area contributed by atoms with Gasteiger partial charge in [0.25, 0.3) is 11.8 Å². The van der Waals surface area contributed by atoms with E-state index >= 15 is 0 Å². The van der Waals surface area contributed by atoms with Gasteiger partial charge in [-0.05, 0) is 55.0 Å². The first-order valence-electron chi connectivity index (χ1n) is 8.15. The molecule has 0 heterocycles. The monoisotopic (exact) mass is 373 g/mol. The van der Waals surface area contributed by atoms with Gasteiger partial charge in [0, 0.05) is 41.9 Å². The number of benzene rings is 2. The smallest absolute Gasteiger partial charge is 0.251 e. The summed E-state index contributed by atoms with van der Waals surface area (Å²) in [7, 11) is 1.56. The van der Waals surface area contributed by atoms with E-state index in [-0.39, 0.29) is 24.1 Å². The van der Waals surface area contributed by atoms with Gasteiger partial charge in [-0.2, -0.15) is 0 Å². The fourth-order valence-electron chi connectivity index (χ4n) is 2.23. The molecule has 0 radical (unpaired) electrons. The molecule has 0 spiro atoms. The highest BCUT2D eigenvalue weighted by Crippen LogP contribution is 2.11. The summed E-state index contributed by atoms with van der Waals surface area (Å²) < 4.78 is 0. The van der Waals surface area contributed by atoms with Crippen molar-refractivity contribution in [3.05, 3.63) is 64.7 Å². The summed E-state index contributed by atoms with van der Waals surface area (Å²) in [5.41, 5.74) is 1.67. The molecule has 6 nitrogen and oxygen atoms in total. The van der Waals surface area contributed by atoms with Crippen molar-refractivity contribution in [1.29, 1.82) is 0 Å². The van der Waals surface area contributed by atoms with Crippen molar-refractivity contribution in [2.75, 3.05) is 18.9 Å². The van der Waals surface area contributed by atoms with Crippen LogP contribution in [0.4, 0.5) is 5.69 Å². The van der Waals surface area contributed by atoms with Crippen molar-refractivity contribution >= 4 is 35.0 Å². The number of anilines is 1. The molecule has 3 N–H and O–H groups in total. The van der Waals surface area contributed by atoms with E-state index in [1.165, 1.54) is 0 Å². The Kier molecular flexibility index (Phi) is 7.17. The Balaban J connectivity index is 1.71. The number of rotatable bonds is 7. The van der Waals surface area contributed by atoms with E-state index in [1.54, 1.807) is 55.6 Å². The van der Waals surface area contributed by atoms with Crippen LogP contribution in [-0.4, -0.2) is 31.3 Å². The molecule has 2 rings (SSSR count). The maximum absolute atomic E-state index is 11.9. The number of hydrogen-bond donors (Lipinski definition) is 3. The molecule has 3 amide bonds. The molecule has 26 heavy (non-hydrogen) atoms. The molecule has 0 saturated heterocycles. The molecule has 0 fully saturated rings.